The Morgan fingerprint density at radius 3 is 2.42 bits per heavy atom. The summed E-state index contributed by atoms with van der Waals surface area (Å²) in [6, 6.07) is 12.1. The summed E-state index contributed by atoms with van der Waals surface area (Å²) in [6.45, 7) is 2.01. The zero-order valence-corrected chi connectivity index (χ0v) is 12.1. The summed E-state index contributed by atoms with van der Waals surface area (Å²) in [6.07, 6.45) is 0. The monoisotopic (exact) mass is 296 g/mol. The number of aryl methyl sites for hydroxylation is 1. The maximum Gasteiger partial charge on any atom is 0.124 e. The predicted octanol–water partition coefficient (Wildman–Crippen LogP) is 4.24. The molecule has 0 aliphatic carbocycles. The maximum atomic E-state index is 12.9. The molecule has 1 nitrogen and oxygen atoms in total. The SMILES string of the molecule is Cc1ccc(C[S@](=O)Cc2ccc(F)cc2Cl)cc1. The molecular weight excluding hydrogens is 283 g/mol. The molecule has 0 aromatic heterocycles. The Balaban J connectivity index is 2.03. The molecule has 0 unspecified atom stereocenters. The molecule has 0 saturated carbocycles. The lowest BCUT2D eigenvalue weighted by Gasteiger charge is -2.05. The highest BCUT2D eigenvalue weighted by Crippen LogP contribution is 2.20. The molecule has 0 aliphatic heterocycles. The van der Waals surface area contributed by atoms with Gasteiger partial charge in [-0.25, -0.2) is 4.39 Å². The van der Waals surface area contributed by atoms with E-state index < -0.39 is 10.8 Å². The normalized spacial score (nSPS) is 12.4. The summed E-state index contributed by atoms with van der Waals surface area (Å²) in [5.41, 5.74) is 2.92. The van der Waals surface area contributed by atoms with Crippen molar-refractivity contribution in [3.05, 3.63) is 70.0 Å². The smallest absolute Gasteiger partial charge is 0.124 e. The summed E-state index contributed by atoms with van der Waals surface area (Å²) in [4.78, 5) is 0. The van der Waals surface area contributed by atoms with Gasteiger partial charge in [0.1, 0.15) is 5.82 Å². The van der Waals surface area contributed by atoms with Gasteiger partial charge in [0, 0.05) is 21.6 Å². The van der Waals surface area contributed by atoms with E-state index in [0.717, 1.165) is 5.56 Å². The van der Waals surface area contributed by atoms with Gasteiger partial charge in [0.25, 0.3) is 0 Å². The van der Waals surface area contributed by atoms with Gasteiger partial charge < -0.3 is 0 Å². The average Bonchev–Trinajstić information content (AvgIpc) is 2.36. The van der Waals surface area contributed by atoms with E-state index in [-0.39, 0.29) is 5.82 Å². The van der Waals surface area contributed by atoms with Crippen molar-refractivity contribution >= 4 is 22.4 Å². The standard InChI is InChI=1S/C15H14ClFOS/c1-11-2-4-12(5-3-11)9-19(18)10-13-6-7-14(17)8-15(13)16/h2-8H,9-10H2,1H3/t19-/m0/s1. The van der Waals surface area contributed by atoms with Crippen molar-refractivity contribution in [3.63, 3.8) is 0 Å². The van der Waals surface area contributed by atoms with Crippen LogP contribution in [0.15, 0.2) is 42.5 Å². The largest absolute Gasteiger partial charge is 0.259 e. The number of hydrogen-bond acceptors (Lipinski definition) is 1. The summed E-state index contributed by atoms with van der Waals surface area (Å²) >= 11 is 5.92. The first-order chi connectivity index (χ1) is 9.04. The summed E-state index contributed by atoms with van der Waals surface area (Å²) < 4.78 is 25.0. The van der Waals surface area contributed by atoms with Crippen molar-refractivity contribution in [3.8, 4) is 0 Å². The molecule has 0 spiro atoms. The highest BCUT2D eigenvalue weighted by molar-refractivity contribution is 7.83. The molecule has 0 N–H and O–H groups in total. The van der Waals surface area contributed by atoms with Crippen molar-refractivity contribution in [1.82, 2.24) is 0 Å². The molecule has 1 atom stereocenters. The molecule has 2 aromatic carbocycles. The van der Waals surface area contributed by atoms with Crippen molar-refractivity contribution in [1.29, 1.82) is 0 Å². The minimum Gasteiger partial charge on any atom is -0.259 e. The van der Waals surface area contributed by atoms with Crippen LogP contribution < -0.4 is 0 Å². The summed E-state index contributed by atoms with van der Waals surface area (Å²) in [7, 11) is -1.05. The van der Waals surface area contributed by atoms with E-state index in [1.807, 2.05) is 31.2 Å². The number of hydrogen-bond donors (Lipinski definition) is 0. The third-order valence-corrected chi connectivity index (χ3v) is 4.42. The van der Waals surface area contributed by atoms with Crippen molar-refractivity contribution in [2.45, 2.75) is 18.4 Å². The Bertz CT molecular complexity index is 596. The van der Waals surface area contributed by atoms with E-state index in [2.05, 4.69) is 0 Å². The summed E-state index contributed by atoms with van der Waals surface area (Å²) in [5, 5.41) is 0.331. The first-order valence-corrected chi connectivity index (χ1v) is 7.75. The van der Waals surface area contributed by atoms with Crippen molar-refractivity contribution < 1.29 is 8.60 Å². The Kier molecular flexibility index (Phi) is 4.72. The fourth-order valence-electron chi connectivity index (χ4n) is 1.73. The maximum absolute atomic E-state index is 12.9. The lowest BCUT2D eigenvalue weighted by Crippen LogP contribution is -2.00. The molecule has 2 aromatic rings. The van der Waals surface area contributed by atoms with E-state index >= 15 is 0 Å². The second-order valence-electron chi connectivity index (χ2n) is 4.45. The van der Waals surface area contributed by atoms with Crippen LogP contribution in [0.2, 0.25) is 5.02 Å². The number of halogens is 2. The average molecular weight is 297 g/mol. The Morgan fingerprint density at radius 2 is 1.79 bits per heavy atom. The Labute approximate surface area is 119 Å². The van der Waals surface area contributed by atoms with Crippen molar-refractivity contribution in [2.24, 2.45) is 0 Å². The van der Waals surface area contributed by atoms with E-state index in [4.69, 9.17) is 11.6 Å². The van der Waals surface area contributed by atoms with Gasteiger partial charge in [-0.2, -0.15) is 0 Å². The molecule has 0 amide bonds. The number of benzene rings is 2. The van der Waals surface area contributed by atoms with Crippen LogP contribution >= 0.6 is 11.6 Å². The van der Waals surface area contributed by atoms with Gasteiger partial charge in [-0.3, -0.25) is 4.21 Å². The Hall–Kier alpha value is -1.19. The second-order valence-corrected chi connectivity index (χ2v) is 6.31. The third kappa shape index (κ3) is 4.15. The van der Waals surface area contributed by atoms with Gasteiger partial charge in [0.05, 0.1) is 5.75 Å². The third-order valence-electron chi connectivity index (χ3n) is 2.78. The minimum absolute atomic E-state index is 0.331. The molecule has 0 aliphatic rings. The van der Waals surface area contributed by atoms with Gasteiger partial charge in [0.2, 0.25) is 0 Å². The number of rotatable bonds is 4. The fraction of sp³-hybridized carbons (Fsp3) is 0.200. The molecule has 4 heteroatoms. The van der Waals surface area contributed by atoms with Gasteiger partial charge in [-0.1, -0.05) is 47.5 Å². The van der Waals surface area contributed by atoms with Crippen LogP contribution in [-0.2, 0) is 22.3 Å². The molecule has 0 fully saturated rings. The van der Waals surface area contributed by atoms with Crippen LogP contribution in [0.5, 0.6) is 0 Å². The van der Waals surface area contributed by atoms with Crippen molar-refractivity contribution in [2.75, 3.05) is 0 Å². The van der Waals surface area contributed by atoms with Crippen LogP contribution in [0.4, 0.5) is 4.39 Å². The van der Waals surface area contributed by atoms with Gasteiger partial charge in [-0.15, -0.1) is 0 Å². The Morgan fingerprint density at radius 1 is 1.11 bits per heavy atom. The van der Waals surface area contributed by atoms with Crippen LogP contribution in [0.3, 0.4) is 0 Å². The zero-order chi connectivity index (χ0) is 13.8. The first kappa shape index (κ1) is 14.2. The van der Waals surface area contributed by atoms with E-state index in [1.165, 1.54) is 17.7 Å². The van der Waals surface area contributed by atoms with Gasteiger partial charge in [-0.05, 0) is 30.2 Å². The molecular formula is C15H14ClFOS. The van der Waals surface area contributed by atoms with Crippen LogP contribution in [0.25, 0.3) is 0 Å². The van der Waals surface area contributed by atoms with Crippen LogP contribution in [-0.4, -0.2) is 4.21 Å². The summed E-state index contributed by atoms with van der Waals surface area (Å²) in [5.74, 6) is 0.444. The fourth-order valence-corrected chi connectivity index (χ4v) is 3.31. The molecule has 2 rings (SSSR count). The zero-order valence-electron chi connectivity index (χ0n) is 10.5. The highest BCUT2D eigenvalue weighted by atomic mass is 35.5. The van der Waals surface area contributed by atoms with Gasteiger partial charge in [0.15, 0.2) is 0 Å². The predicted molar refractivity (Wildman–Crippen MR) is 78.1 cm³/mol. The first-order valence-electron chi connectivity index (χ1n) is 5.89. The second kappa shape index (κ2) is 6.31. The minimum atomic E-state index is -1.05. The lowest BCUT2D eigenvalue weighted by molar-refractivity contribution is 0.627. The van der Waals surface area contributed by atoms with Gasteiger partial charge >= 0.3 is 0 Å². The van der Waals surface area contributed by atoms with E-state index in [1.54, 1.807) is 6.07 Å². The highest BCUT2D eigenvalue weighted by Gasteiger charge is 2.07. The molecule has 19 heavy (non-hydrogen) atoms. The molecule has 0 saturated heterocycles. The molecule has 0 bridgehead atoms. The van der Waals surface area contributed by atoms with Crippen LogP contribution in [0.1, 0.15) is 16.7 Å². The molecule has 0 heterocycles. The quantitative estimate of drug-likeness (QED) is 0.825. The topological polar surface area (TPSA) is 17.1 Å². The molecule has 0 radical (unpaired) electrons. The van der Waals surface area contributed by atoms with E-state index in [0.29, 0.717) is 22.1 Å². The lowest BCUT2D eigenvalue weighted by atomic mass is 10.2. The molecule has 100 valence electrons. The van der Waals surface area contributed by atoms with E-state index in [9.17, 15) is 8.60 Å². The van der Waals surface area contributed by atoms with Crippen LogP contribution in [0, 0.1) is 12.7 Å².